The second-order valence-electron chi connectivity index (χ2n) is 3.53. The van der Waals surface area contributed by atoms with Crippen LogP contribution in [-0.2, 0) is 0 Å². The van der Waals surface area contributed by atoms with Gasteiger partial charge in [0.05, 0.1) is 4.90 Å². The molecule has 0 unspecified atom stereocenters. The van der Waals surface area contributed by atoms with E-state index >= 15 is 0 Å². The number of ether oxygens (including phenoxy) is 1. The maximum absolute atomic E-state index is 12.3. The number of rotatable bonds is 4. The highest BCUT2D eigenvalue weighted by Gasteiger charge is 2.36. The average molecular weight is 318 g/mol. The van der Waals surface area contributed by atoms with E-state index in [1.807, 2.05) is 0 Å². The second-order valence-corrected chi connectivity index (χ2v) is 4.64. The fourth-order valence-electron chi connectivity index (χ4n) is 1.30. The summed E-state index contributed by atoms with van der Waals surface area (Å²) in [4.78, 5) is 10.6. The van der Waals surface area contributed by atoms with E-state index in [1.165, 1.54) is 6.92 Å². The molecule has 1 aromatic rings. The average Bonchev–Trinajstić information content (AvgIpc) is 2.26. The van der Waals surface area contributed by atoms with Gasteiger partial charge in [0.1, 0.15) is 5.75 Å². The van der Waals surface area contributed by atoms with Gasteiger partial charge in [-0.1, -0.05) is 6.92 Å². The molecule has 9 heteroatoms. The Hall–Kier alpha value is -1.38. The van der Waals surface area contributed by atoms with Gasteiger partial charge in [-0.25, -0.2) is 0 Å². The van der Waals surface area contributed by atoms with Crippen LogP contribution in [0.2, 0.25) is 0 Å². The zero-order chi connectivity index (χ0) is 15.6. The molecule has 1 rings (SSSR count). The van der Waals surface area contributed by atoms with Gasteiger partial charge in [-0.2, -0.15) is 13.2 Å². The minimum atomic E-state index is -5.11. The monoisotopic (exact) mass is 318 g/mol. The van der Waals surface area contributed by atoms with E-state index in [4.69, 9.17) is 0 Å². The number of ketones is 1. The quantitative estimate of drug-likeness (QED) is 0.453. The first kappa shape index (κ1) is 16.7. The molecule has 112 valence electrons. The summed E-state index contributed by atoms with van der Waals surface area (Å²) < 4.78 is 76.7. The van der Waals surface area contributed by atoms with Crippen molar-refractivity contribution in [1.29, 1.82) is 0 Å². The predicted molar refractivity (Wildman–Crippen MR) is 59.7 cm³/mol. The lowest BCUT2D eigenvalue weighted by Crippen LogP contribution is -2.18. The van der Waals surface area contributed by atoms with Gasteiger partial charge >= 0.3 is 11.9 Å². The Labute approximate surface area is 114 Å². The Morgan fingerprint density at radius 3 is 2.25 bits per heavy atom. The zero-order valence-electron chi connectivity index (χ0n) is 9.93. The van der Waals surface area contributed by atoms with Gasteiger partial charge < -0.3 is 4.74 Å². The number of alkyl halides is 6. The van der Waals surface area contributed by atoms with Gasteiger partial charge in [-0.05, 0) is 30.0 Å². The van der Waals surface area contributed by atoms with Crippen molar-refractivity contribution in [3.8, 4) is 5.75 Å². The highest BCUT2D eigenvalue weighted by Crippen LogP contribution is 2.43. The Kier molecular flexibility index (Phi) is 4.95. The van der Waals surface area contributed by atoms with E-state index in [-0.39, 0.29) is 12.0 Å². The van der Waals surface area contributed by atoms with E-state index in [9.17, 15) is 31.1 Å². The van der Waals surface area contributed by atoms with Crippen LogP contribution in [0.15, 0.2) is 23.1 Å². The predicted octanol–water partition coefficient (Wildman–Crippen LogP) is 4.79. The Morgan fingerprint density at radius 1 is 1.20 bits per heavy atom. The smallest absolute Gasteiger partial charge is 0.405 e. The van der Waals surface area contributed by atoms with E-state index < -0.39 is 40.1 Å². The fraction of sp³-hybridized carbons (Fsp3) is 0.364. The Bertz CT molecular complexity index is 495. The highest BCUT2D eigenvalue weighted by atomic mass is 32.2. The van der Waals surface area contributed by atoms with Crippen molar-refractivity contribution in [2.75, 3.05) is 0 Å². The fourth-order valence-corrected chi connectivity index (χ4v) is 1.94. The summed E-state index contributed by atoms with van der Waals surface area (Å²) in [5.74, 6) is -1.47. The lowest BCUT2D eigenvalue weighted by molar-refractivity contribution is -0.275. The van der Waals surface area contributed by atoms with Crippen molar-refractivity contribution in [3.63, 3.8) is 0 Å². The molecule has 0 saturated carbocycles. The minimum Gasteiger partial charge on any atom is -0.405 e. The maximum Gasteiger partial charge on any atom is 0.573 e. The molecule has 1 aromatic carbocycles. The largest absolute Gasteiger partial charge is 0.573 e. The third-order valence-corrected chi connectivity index (χ3v) is 2.81. The molecule has 0 radical (unpaired) electrons. The van der Waals surface area contributed by atoms with Crippen LogP contribution in [-0.4, -0.2) is 17.7 Å². The van der Waals surface area contributed by atoms with Crippen LogP contribution >= 0.6 is 11.8 Å². The van der Waals surface area contributed by atoms with Crippen LogP contribution in [0.1, 0.15) is 23.7 Å². The van der Waals surface area contributed by atoms with Crippen molar-refractivity contribution in [2.45, 2.75) is 30.1 Å². The van der Waals surface area contributed by atoms with Crippen molar-refractivity contribution in [3.05, 3.63) is 23.8 Å². The summed E-state index contributed by atoms with van der Waals surface area (Å²) in [6.07, 6.45) is -5.09. The number of hydrogen-bond donors (Lipinski definition) is 0. The second kappa shape index (κ2) is 5.94. The van der Waals surface area contributed by atoms with Crippen molar-refractivity contribution in [2.24, 2.45) is 0 Å². The lowest BCUT2D eigenvalue weighted by Gasteiger charge is -2.14. The first-order valence-corrected chi connectivity index (χ1v) is 6.02. The van der Waals surface area contributed by atoms with Crippen LogP contribution in [0, 0.1) is 0 Å². The summed E-state index contributed by atoms with van der Waals surface area (Å²) >= 11 is -0.767. The SMILES string of the molecule is CCC(=O)c1ccc(OC(F)(F)F)c(SC(F)(F)F)c1. The maximum atomic E-state index is 12.3. The van der Waals surface area contributed by atoms with Gasteiger partial charge in [0.15, 0.2) is 5.78 Å². The van der Waals surface area contributed by atoms with Crippen LogP contribution in [0.3, 0.4) is 0 Å². The minimum absolute atomic E-state index is 0.0234. The normalized spacial score (nSPS) is 12.3. The first-order chi connectivity index (χ1) is 9.02. The molecule has 0 saturated heterocycles. The summed E-state index contributed by atoms with van der Waals surface area (Å²) in [6.45, 7) is 1.49. The number of Topliss-reactive ketones (excluding diaryl/α,β-unsaturated/α-hetero) is 1. The number of benzene rings is 1. The molecule has 0 aliphatic carbocycles. The summed E-state index contributed by atoms with van der Waals surface area (Å²) in [7, 11) is 0. The van der Waals surface area contributed by atoms with Crippen molar-refractivity contribution < 1.29 is 35.9 Å². The molecule has 0 aromatic heterocycles. The Balaban J connectivity index is 3.19. The van der Waals surface area contributed by atoms with E-state index in [0.29, 0.717) is 6.07 Å². The molecular weight excluding hydrogens is 310 g/mol. The topological polar surface area (TPSA) is 26.3 Å². The van der Waals surface area contributed by atoms with E-state index in [0.717, 1.165) is 12.1 Å². The number of hydrogen-bond acceptors (Lipinski definition) is 3. The third-order valence-electron chi connectivity index (χ3n) is 2.04. The summed E-state index contributed by atoms with van der Waals surface area (Å²) in [5, 5.41) is 0. The molecular formula is C11H8F6O2S. The van der Waals surface area contributed by atoms with E-state index in [1.54, 1.807) is 0 Å². The van der Waals surface area contributed by atoms with Crippen molar-refractivity contribution >= 4 is 17.5 Å². The van der Waals surface area contributed by atoms with E-state index in [2.05, 4.69) is 4.74 Å². The Morgan fingerprint density at radius 2 is 1.80 bits per heavy atom. The summed E-state index contributed by atoms with van der Waals surface area (Å²) in [5.41, 5.74) is -4.90. The standard InChI is InChI=1S/C11H8F6O2S/c1-2-7(18)6-3-4-8(19-10(12,13)14)9(5-6)20-11(15,16)17/h3-5H,2H2,1H3. The van der Waals surface area contributed by atoms with Gasteiger partial charge in [0.2, 0.25) is 0 Å². The van der Waals surface area contributed by atoms with Crippen LogP contribution in [0.25, 0.3) is 0 Å². The van der Waals surface area contributed by atoms with Crippen LogP contribution in [0.5, 0.6) is 5.75 Å². The highest BCUT2D eigenvalue weighted by molar-refractivity contribution is 8.00. The molecule has 20 heavy (non-hydrogen) atoms. The first-order valence-electron chi connectivity index (χ1n) is 5.20. The van der Waals surface area contributed by atoms with Crippen LogP contribution < -0.4 is 4.74 Å². The molecule has 0 aliphatic heterocycles. The van der Waals surface area contributed by atoms with Crippen molar-refractivity contribution in [1.82, 2.24) is 0 Å². The molecule has 0 aliphatic rings. The molecule has 0 heterocycles. The molecule has 0 fully saturated rings. The molecule has 0 bridgehead atoms. The summed E-state index contributed by atoms with van der Waals surface area (Å²) in [6, 6.07) is 2.43. The number of thioether (sulfide) groups is 1. The number of carbonyl (C=O) groups excluding carboxylic acids is 1. The molecule has 0 N–H and O–H groups in total. The number of carbonyl (C=O) groups is 1. The molecule has 0 amide bonds. The van der Waals surface area contributed by atoms with Crippen LogP contribution in [0.4, 0.5) is 26.3 Å². The lowest BCUT2D eigenvalue weighted by atomic mass is 10.1. The molecule has 2 nitrogen and oxygen atoms in total. The molecule has 0 spiro atoms. The van der Waals surface area contributed by atoms with Gasteiger partial charge in [0.25, 0.3) is 0 Å². The van der Waals surface area contributed by atoms with Gasteiger partial charge in [0, 0.05) is 12.0 Å². The number of halogens is 6. The third kappa shape index (κ3) is 5.32. The van der Waals surface area contributed by atoms with Gasteiger partial charge in [-0.15, -0.1) is 13.2 Å². The van der Waals surface area contributed by atoms with Gasteiger partial charge in [-0.3, -0.25) is 4.79 Å². The molecule has 0 atom stereocenters. The zero-order valence-corrected chi connectivity index (χ0v) is 10.7.